The second-order valence-electron chi connectivity index (χ2n) is 5.10. The zero-order valence-electron chi connectivity index (χ0n) is 11.1. The maximum absolute atomic E-state index is 13.3. The van der Waals surface area contributed by atoms with Gasteiger partial charge in [-0.15, -0.1) is 0 Å². The number of benzene rings is 3. The Balaban J connectivity index is 2.05. The van der Waals surface area contributed by atoms with Crippen LogP contribution in [0.2, 0.25) is 0 Å². The number of nitrogens with one attached hydrogen (secondary N) is 1. The molecule has 0 atom stereocenters. The molecule has 4 aromatic rings. The van der Waals surface area contributed by atoms with Gasteiger partial charge in [0.15, 0.2) is 0 Å². The van der Waals surface area contributed by atoms with Crippen LogP contribution in [0, 0.1) is 5.82 Å². The molecule has 0 saturated heterocycles. The molecule has 1 aromatic heterocycles. The summed E-state index contributed by atoms with van der Waals surface area (Å²) in [6, 6.07) is 17.9. The molecular formula is C18H12FNO. The highest BCUT2D eigenvalue weighted by Crippen LogP contribution is 2.37. The Labute approximate surface area is 120 Å². The number of phenols is 1. The quantitative estimate of drug-likeness (QED) is 0.513. The molecule has 0 fully saturated rings. The number of aromatic hydroxyl groups is 1. The van der Waals surface area contributed by atoms with Gasteiger partial charge in [0.05, 0.1) is 5.69 Å². The molecule has 0 bridgehead atoms. The monoisotopic (exact) mass is 277 g/mol. The van der Waals surface area contributed by atoms with E-state index in [1.54, 1.807) is 12.1 Å². The Morgan fingerprint density at radius 3 is 2.62 bits per heavy atom. The highest BCUT2D eigenvalue weighted by Gasteiger charge is 2.12. The summed E-state index contributed by atoms with van der Waals surface area (Å²) in [6.07, 6.45) is 0. The van der Waals surface area contributed by atoms with E-state index in [1.807, 2.05) is 36.4 Å². The van der Waals surface area contributed by atoms with Crippen LogP contribution in [0.1, 0.15) is 0 Å². The average Bonchev–Trinajstić information content (AvgIpc) is 2.89. The first kappa shape index (κ1) is 12.0. The van der Waals surface area contributed by atoms with Gasteiger partial charge in [0, 0.05) is 16.5 Å². The van der Waals surface area contributed by atoms with E-state index in [1.165, 1.54) is 12.1 Å². The third kappa shape index (κ3) is 1.86. The molecule has 3 aromatic carbocycles. The Hall–Kier alpha value is -2.81. The first-order chi connectivity index (χ1) is 10.2. The second kappa shape index (κ2) is 4.35. The molecule has 0 amide bonds. The summed E-state index contributed by atoms with van der Waals surface area (Å²) in [5, 5.41) is 13.1. The smallest absolute Gasteiger partial charge is 0.125 e. The molecule has 0 aliphatic rings. The number of hydrogen-bond donors (Lipinski definition) is 2. The lowest BCUT2D eigenvalue weighted by atomic mass is 10.0. The molecule has 102 valence electrons. The van der Waals surface area contributed by atoms with Crippen LogP contribution in [0.15, 0.2) is 60.7 Å². The Morgan fingerprint density at radius 1 is 0.857 bits per heavy atom. The number of halogens is 1. The van der Waals surface area contributed by atoms with Crippen molar-refractivity contribution in [2.75, 3.05) is 0 Å². The van der Waals surface area contributed by atoms with Gasteiger partial charge < -0.3 is 10.1 Å². The van der Waals surface area contributed by atoms with Crippen molar-refractivity contribution in [2.24, 2.45) is 0 Å². The van der Waals surface area contributed by atoms with Crippen molar-refractivity contribution in [3.05, 3.63) is 66.5 Å². The third-order valence-electron chi connectivity index (χ3n) is 3.76. The fraction of sp³-hybridized carbons (Fsp3) is 0. The summed E-state index contributed by atoms with van der Waals surface area (Å²) in [5.74, 6) is -0.0593. The molecule has 1 heterocycles. The zero-order chi connectivity index (χ0) is 14.4. The molecular weight excluding hydrogens is 265 g/mol. The number of aromatic nitrogens is 1. The molecule has 3 heteroatoms. The molecule has 0 aliphatic carbocycles. The SMILES string of the molecule is Oc1ccc2ccccc2c1-c1cc2cc(F)ccc2[nH]1. The highest BCUT2D eigenvalue weighted by atomic mass is 19.1. The van der Waals surface area contributed by atoms with Crippen LogP contribution >= 0.6 is 0 Å². The van der Waals surface area contributed by atoms with E-state index in [0.717, 1.165) is 32.9 Å². The van der Waals surface area contributed by atoms with Crippen molar-refractivity contribution >= 4 is 21.7 Å². The minimum Gasteiger partial charge on any atom is -0.507 e. The van der Waals surface area contributed by atoms with Crippen molar-refractivity contribution in [1.29, 1.82) is 0 Å². The van der Waals surface area contributed by atoms with Gasteiger partial charge in [-0.25, -0.2) is 4.39 Å². The van der Waals surface area contributed by atoms with E-state index in [2.05, 4.69) is 4.98 Å². The number of aromatic amines is 1. The van der Waals surface area contributed by atoms with Crippen LogP contribution in [0.5, 0.6) is 5.75 Å². The van der Waals surface area contributed by atoms with Crippen molar-refractivity contribution in [3.63, 3.8) is 0 Å². The molecule has 0 aliphatic heterocycles. The Kier molecular flexibility index (Phi) is 2.48. The van der Waals surface area contributed by atoms with Gasteiger partial charge in [-0.1, -0.05) is 30.3 Å². The topological polar surface area (TPSA) is 36.0 Å². The van der Waals surface area contributed by atoms with Crippen molar-refractivity contribution < 1.29 is 9.50 Å². The van der Waals surface area contributed by atoms with Crippen molar-refractivity contribution in [2.45, 2.75) is 0 Å². The van der Waals surface area contributed by atoms with Crippen LogP contribution < -0.4 is 0 Å². The predicted molar refractivity (Wildman–Crippen MR) is 82.9 cm³/mol. The van der Waals surface area contributed by atoms with Crippen LogP contribution in [0.4, 0.5) is 4.39 Å². The van der Waals surface area contributed by atoms with Crippen LogP contribution in [-0.2, 0) is 0 Å². The van der Waals surface area contributed by atoms with Crippen molar-refractivity contribution in [1.82, 2.24) is 4.98 Å². The lowest BCUT2D eigenvalue weighted by Crippen LogP contribution is -1.82. The van der Waals surface area contributed by atoms with Crippen LogP contribution in [-0.4, -0.2) is 10.1 Å². The number of fused-ring (bicyclic) bond motifs is 2. The molecule has 2 N–H and O–H groups in total. The number of rotatable bonds is 1. The summed E-state index contributed by atoms with van der Waals surface area (Å²) >= 11 is 0. The van der Waals surface area contributed by atoms with Gasteiger partial charge in [0.25, 0.3) is 0 Å². The van der Waals surface area contributed by atoms with E-state index in [-0.39, 0.29) is 11.6 Å². The average molecular weight is 277 g/mol. The minimum absolute atomic E-state index is 0.209. The summed E-state index contributed by atoms with van der Waals surface area (Å²) in [7, 11) is 0. The molecule has 2 nitrogen and oxygen atoms in total. The van der Waals surface area contributed by atoms with Gasteiger partial charge >= 0.3 is 0 Å². The van der Waals surface area contributed by atoms with Gasteiger partial charge in [-0.05, 0) is 41.1 Å². The summed E-state index contributed by atoms with van der Waals surface area (Å²) in [4.78, 5) is 3.25. The van der Waals surface area contributed by atoms with Gasteiger partial charge in [-0.3, -0.25) is 0 Å². The van der Waals surface area contributed by atoms with Gasteiger partial charge in [-0.2, -0.15) is 0 Å². The fourth-order valence-electron chi connectivity index (χ4n) is 2.78. The van der Waals surface area contributed by atoms with Crippen LogP contribution in [0.25, 0.3) is 32.9 Å². The first-order valence-electron chi connectivity index (χ1n) is 6.72. The van der Waals surface area contributed by atoms with Crippen LogP contribution in [0.3, 0.4) is 0 Å². The normalized spacial score (nSPS) is 11.3. The van der Waals surface area contributed by atoms with Crippen molar-refractivity contribution in [3.8, 4) is 17.0 Å². The summed E-state index contributed by atoms with van der Waals surface area (Å²) in [5.41, 5.74) is 2.37. The lowest BCUT2D eigenvalue weighted by molar-refractivity contribution is 0.478. The highest BCUT2D eigenvalue weighted by molar-refractivity contribution is 6.01. The maximum atomic E-state index is 13.3. The minimum atomic E-state index is -0.268. The molecule has 0 radical (unpaired) electrons. The molecule has 0 spiro atoms. The number of phenolic OH excluding ortho intramolecular Hbond substituents is 1. The van der Waals surface area contributed by atoms with Gasteiger partial charge in [0.2, 0.25) is 0 Å². The Morgan fingerprint density at radius 2 is 1.71 bits per heavy atom. The lowest BCUT2D eigenvalue weighted by Gasteiger charge is -2.07. The predicted octanol–water partition coefficient (Wildman–Crippen LogP) is 4.83. The zero-order valence-corrected chi connectivity index (χ0v) is 11.1. The Bertz CT molecular complexity index is 971. The second-order valence-corrected chi connectivity index (χ2v) is 5.10. The molecule has 4 rings (SSSR count). The van der Waals surface area contributed by atoms with E-state index >= 15 is 0 Å². The molecule has 0 unspecified atom stereocenters. The molecule has 0 saturated carbocycles. The van der Waals surface area contributed by atoms with E-state index < -0.39 is 0 Å². The fourth-order valence-corrected chi connectivity index (χ4v) is 2.78. The van der Waals surface area contributed by atoms with E-state index in [0.29, 0.717) is 0 Å². The summed E-state index contributed by atoms with van der Waals surface area (Å²) in [6.45, 7) is 0. The third-order valence-corrected chi connectivity index (χ3v) is 3.76. The standard InChI is InChI=1S/C18H12FNO/c19-13-6-7-15-12(9-13)10-16(20-15)18-14-4-2-1-3-11(14)5-8-17(18)21/h1-10,20-21H. The first-order valence-corrected chi connectivity index (χ1v) is 6.72. The summed E-state index contributed by atoms with van der Waals surface area (Å²) < 4.78 is 13.3. The number of hydrogen-bond acceptors (Lipinski definition) is 1. The van der Waals surface area contributed by atoms with E-state index in [9.17, 15) is 9.50 Å². The molecule has 21 heavy (non-hydrogen) atoms. The maximum Gasteiger partial charge on any atom is 0.125 e. The number of H-pyrrole nitrogens is 1. The largest absolute Gasteiger partial charge is 0.507 e. The van der Waals surface area contributed by atoms with Gasteiger partial charge in [0.1, 0.15) is 11.6 Å². The van der Waals surface area contributed by atoms with E-state index in [4.69, 9.17) is 0 Å².